The molecular weight excluding hydrogens is 391 g/mol. The van der Waals surface area contributed by atoms with Gasteiger partial charge in [-0.05, 0) is 24.8 Å². The average molecular weight is 408 g/mol. The van der Waals surface area contributed by atoms with Crippen LogP contribution in [0.5, 0.6) is 0 Å². The van der Waals surface area contributed by atoms with E-state index in [9.17, 15) is 0 Å². The topological polar surface area (TPSA) is 63.3 Å². The summed E-state index contributed by atoms with van der Waals surface area (Å²) < 4.78 is 0. The predicted octanol–water partition coefficient (Wildman–Crippen LogP) is 2.78. The van der Waals surface area contributed by atoms with Crippen LogP contribution in [0.4, 0.5) is 0 Å². The Morgan fingerprint density at radius 1 is 1.47 bits per heavy atom. The molecule has 2 heterocycles. The second-order valence-electron chi connectivity index (χ2n) is 3.80. The molecule has 0 bridgehead atoms. The number of aromatic nitrogens is 1. The fourth-order valence-corrected chi connectivity index (χ4v) is 2.89. The van der Waals surface area contributed by atoms with Crippen molar-refractivity contribution in [3.63, 3.8) is 0 Å². The van der Waals surface area contributed by atoms with E-state index in [0.29, 0.717) is 12.5 Å². The molecule has 19 heavy (non-hydrogen) atoms. The number of nitrogens with zero attached hydrogens (tertiary/aromatic N) is 2. The summed E-state index contributed by atoms with van der Waals surface area (Å²) >= 11 is 3.41. The van der Waals surface area contributed by atoms with E-state index in [-0.39, 0.29) is 24.0 Å². The molecular formula is C12H17IN4S2. The lowest BCUT2D eigenvalue weighted by molar-refractivity contribution is 0.858. The first kappa shape index (κ1) is 16.4. The van der Waals surface area contributed by atoms with Gasteiger partial charge in [-0.1, -0.05) is 6.07 Å². The Balaban J connectivity index is 0.00000180. The minimum Gasteiger partial charge on any atom is -0.370 e. The lowest BCUT2D eigenvalue weighted by atomic mass is 10.3. The Kier molecular flexibility index (Phi) is 7.32. The summed E-state index contributed by atoms with van der Waals surface area (Å²) in [6.07, 6.45) is 2.83. The second kappa shape index (κ2) is 8.49. The zero-order valence-corrected chi connectivity index (χ0v) is 14.6. The van der Waals surface area contributed by atoms with Crippen molar-refractivity contribution < 1.29 is 0 Å². The number of nitrogens with one attached hydrogen (secondary N) is 1. The Bertz CT molecular complexity index is 508. The first-order chi connectivity index (χ1) is 8.74. The van der Waals surface area contributed by atoms with E-state index in [4.69, 9.17) is 5.73 Å². The van der Waals surface area contributed by atoms with Gasteiger partial charge >= 0.3 is 0 Å². The number of hydrogen-bond donors (Lipinski definition) is 2. The van der Waals surface area contributed by atoms with Crippen LogP contribution < -0.4 is 11.1 Å². The zero-order chi connectivity index (χ0) is 12.8. The third-order valence-corrected chi connectivity index (χ3v) is 4.17. The van der Waals surface area contributed by atoms with Gasteiger partial charge in [0.1, 0.15) is 0 Å². The second-order valence-corrected chi connectivity index (χ2v) is 6.15. The van der Waals surface area contributed by atoms with E-state index in [0.717, 1.165) is 22.9 Å². The van der Waals surface area contributed by atoms with Crippen molar-refractivity contribution in [3.05, 3.63) is 38.5 Å². The molecule has 3 N–H and O–H groups in total. The molecule has 2 rings (SSSR count). The Hall–Kier alpha value is -0.670. The van der Waals surface area contributed by atoms with Crippen molar-refractivity contribution in [1.29, 1.82) is 0 Å². The minimum absolute atomic E-state index is 0. The number of nitrogens with two attached hydrogens (primary N) is 1. The monoisotopic (exact) mass is 408 g/mol. The number of guanidine groups is 1. The van der Waals surface area contributed by atoms with Gasteiger partial charge in [-0.15, -0.1) is 46.7 Å². The molecule has 0 aliphatic rings. The number of rotatable bonds is 5. The van der Waals surface area contributed by atoms with Crippen LogP contribution in [0.25, 0.3) is 0 Å². The van der Waals surface area contributed by atoms with Crippen molar-refractivity contribution in [1.82, 2.24) is 10.3 Å². The van der Waals surface area contributed by atoms with Gasteiger partial charge in [0.15, 0.2) is 5.96 Å². The third-order valence-electron chi connectivity index (χ3n) is 2.33. The summed E-state index contributed by atoms with van der Waals surface area (Å²) in [7, 11) is 0. The standard InChI is InChI=1S/C12H16N4S2.HI/c1-9-15-7-11(18-9)8-16-12(13)14-5-4-10-3-2-6-17-10;/h2-3,6-7H,4-5,8H2,1H3,(H3,13,14,16);1H. The van der Waals surface area contributed by atoms with Crippen LogP contribution in [-0.4, -0.2) is 17.5 Å². The lowest BCUT2D eigenvalue weighted by Crippen LogP contribution is -2.33. The zero-order valence-electron chi connectivity index (χ0n) is 10.6. The Labute approximate surface area is 138 Å². The number of thiazole rings is 1. The van der Waals surface area contributed by atoms with Gasteiger partial charge in [-0.25, -0.2) is 9.98 Å². The van der Waals surface area contributed by atoms with Gasteiger partial charge in [0.25, 0.3) is 0 Å². The summed E-state index contributed by atoms with van der Waals surface area (Å²) in [5.74, 6) is 0.498. The van der Waals surface area contributed by atoms with Gasteiger partial charge in [-0.3, -0.25) is 0 Å². The number of aryl methyl sites for hydroxylation is 1. The van der Waals surface area contributed by atoms with E-state index in [1.807, 2.05) is 13.1 Å². The van der Waals surface area contributed by atoms with Crippen molar-refractivity contribution in [2.75, 3.05) is 6.54 Å². The largest absolute Gasteiger partial charge is 0.370 e. The number of hydrogen-bond acceptors (Lipinski definition) is 4. The first-order valence-electron chi connectivity index (χ1n) is 5.71. The Morgan fingerprint density at radius 3 is 2.95 bits per heavy atom. The minimum atomic E-state index is 0. The highest BCUT2D eigenvalue weighted by Gasteiger charge is 1.98. The molecule has 2 aromatic heterocycles. The predicted molar refractivity (Wildman–Crippen MR) is 93.6 cm³/mol. The van der Waals surface area contributed by atoms with E-state index in [2.05, 4.69) is 32.8 Å². The first-order valence-corrected chi connectivity index (χ1v) is 7.41. The molecule has 0 unspecified atom stereocenters. The molecule has 7 heteroatoms. The summed E-state index contributed by atoms with van der Waals surface area (Å²) in [6, 6.07) is 4.18. The van der Waals surface area contributed by atoms with E-state index >= 15 is 0 Å². The molecule has 104 valence electrons. The maximum Gasteiger partial charge on any atom is 0.188 e. The summed E-state index contributed by atoms with van der Waals surface area (Å²) in [5, 5.41) is 6.26. The van der Waals surface area contributed by atoms with Crippen LogP contribution in [0.2, 0.25) is 0 Å². The molecule has 0 saturated heterocycles. The van der Waals surface area contributed by atoms with E-state index < -0.39 is 0 Å². The quantitative estimate of drug-likeness (QED) is 0.455. The highest BCUT2D eigenvalue weighted by molar-refractivity contribution is 14.0. The van der Waals surface area contributed by atoms with Crippen LogP contribution in [0, 0.1) is 6.92 Å². The fraction of sp³-hybridized carbons (Fsp3) is 0.333. The highest BCUT2D eigenvalue weighted by atomic mass is 127. The Morgan fingerprint density at radius 2 is 2.32 bits per heavy atom. The molecule has 0 saturated carbocycles. The molecule has 0 radical (unpaired) electrons. The van der Waals surface area contributed by atoms with Crippen LogP contribution >= 0.6 is 46.7 Å². The van der Waals surface area contributed by atoms with Crippen LogP contribution in [-0.2, 0) is 13.0 Å². The van der Waals surface area contributed by atoms with Crippen LogP contribution in [0.3, 0.4) is 0 Å². The highest BCUT2D eigenvalue weighted by Crippen LogP contribution is 2.12. The summed E-state index contributed by atoms with van der Waals surface area (Å²) in [4.78, 5) is 11.0. The maximum atomic E-state index is 5.79. The van der Waals surface area contributed by atoms with Crippen LogP contribution in [0.15, 0.2) is 28.7 Å². The molecule has 0 aromatic carbocycles. The maximum absolute atomic E-state index is 5.79. The number of halogens is 1. The molecule has 4 nitrogen and oxygen atoms in total. The molecule has 2 aromatic rings. The molecule has 0 aliphatic carbocycles. The van der Waals surface area contributed by atoms with Gasteiger partial charge in [-0.2, -0.15) is 0 Å². The number of aliphatic imine (C=N–C) groups is 1. The van der Waals surface area contributed by atoms with Crippen molar-refractivity contribution >= 4 is 52.6 Å². The molecule has 0 aliphatic heterocycles. The molecule has 0 spiro atoms. The van der Waals surface area contributed by atoms with Gasteiger partial charge in [0, 0.05) is 22.5 Å². The summed E-state index contributed by atoms with van der Waals surface area (Å²) in [6.45, 7) is 3.40. The third kappa shape index (κ3) is 5.87. The molecule has 0 fully saturated rings. The fourth-order valence-electron chi connectivity index (χ4n) is 1.47. The van der Waals surface area contributed by atoms with E-state index in [1.54, 1.807) is 22.7 Å². The van der Waals surface area contributed by atoms with Gasteiger partial charge < -0.3 is 11.1 Å². The summed E-state index contributed by atoms with van der Waals surface area (Å²) in [5.41, 5.74) is 5.79. The smallest absolute Gasteiger partial charge is 0.188 e. The lowest BCUT2D eigenvalue weighted by Gasteiger charge is -2.03. The number of thiophene rings is 1. The SMILES string of the molecule is Cc1ncc(CN=C(N)NCCc2cccs2)s1.I. The average Bonchev–Trinajstić information content (AvgIpc) is 2.98. The molecule has 0 amide bonds. The molecule has 0 atom stereocenters. The van der Waals surface area contributed by atoms with Crippen molar-refractivity contribution in [2.45, 2.75) is 19.9 Å². The van der Waals surface area contributed by atoms with Gasteiger partial charge in [0.2, 0.25) is 0 Å². The van der Waals surface area contributed by atoms with Crippen LogP contribution in [0.1, 0.15) is 14.8 Å². The van der Waals surface area contributed by atoms with Crippen molar-refractivity contribution in [2.24, 2.45) is 10.7 Å². The van der Waals surface area contributed by atoms with Crippen molar-refractivity contribution in [3.8, 4) is 0 Å². The van der Waals surface area contributed by atoms with Gasteiger partial charge in [0.05, 0.1) is 11.6 Å². The normalized spacial score (nSPS) is 11.1. The van der Waals surface area contributed by atoms with E-state index in [1.165, 1.54) is 4.88 Å².